The van der Waals surface area contributed by atoms with Crippen molar-refractivity contribution in [1.82, 2.24) is 15.5 Å². The number of fused-ring (bicyclic) bond motifs is 1. The lowest BCUT2D eigenvalue weighted by Gasteiger charge is -2.15. The summed E-state index contributed by atoms with van der Waals surface area (Å²) in [4.78, 5) is 23.7. The van der Waals surface area contributed by atoms with E-state index >= 15 is 0 Å². The summed E-state index contributed by atoms with van der Waals surface area (Å²) < 4.78 is 13.0. The minimum atomic E-state index is -0.512. The van der Waals surface area contributed by atoms with Crippen LogP contribution < -0.4 is 16.4 Å². The van der Waals surface area contributed by atoms with Crippen LogP contribution in [0.4, 0.5) is 14.9 Å². The highest BCUT2D eigenvalue weighted by atomic mass is 19.1. The first kappa shape index (κ1) is 19.4. The van der Waals surface area contributed by atoms with Crippen LogP contribution in [0.25, 0.3) is 22.2 Å². The number of primary amides is 1. The summed E-state index contributed by atoms with van der Waals surface area (Å²) in [6, 6.07) is 12.0. The van der Waals surface area contributed by atoms with E-state index in [4.69, 9.17) is 5.73 Å². The first-order chi connectivity index (χ1) is 14.5. The molecule has 1 aromatic heterocycles. The van der Waals surface area contributed by atoms with Crippen molar-refractivity contribution in [3.8, 4) is 11.3 Å². The Kier molecular flexibility index (Phi) is 5.30. The number of rotatable bonds is 5. The van der Waals surface area contributed by atoms with Crippen molar-refractivity contribution in [2.75, 3.05) is 11.9 Å². The largest absolute Gasteiger partial charge is 0.366 e. The number of H-pyrrole nitrogens is 1. The molecule has 30 heavy (non-hydrogen) atoms. The number of aromatic amines is 1. The summed E-state index contributed by atoms with van der Waals surface area (Å²) in [5.74, 6) is -0.694. The SMILES string of the molecule is NC(=O)c1ccc2[nH]nc(-c3cccc(NC(=O)NCC4C=CC(F)=CC4)c3)c2c1. The van der Waals surface area contributed by atoms with Gasteiger partial charge >= 0.3 is 6.03 Å². The van der Waals surface area contributed by atoms with Crippen molar-refractivity contribution in [3.05, 3.63) is 72.1 Å². The Morgan fingerprint density at radius 2 is 2.10 bits per heavy atom. The summed E-state index contributed by atoms with van der Waals surface area (Å²) in [5, 5.41) is 13.6. The highest BCUT2D eigenvalue weighted by molar-refractivity contribution is 6.01. The van der Waals surface area contributed by atoms with Gasteiger partial charge in [-0.1, -0.05) is 18.2 Å². The minimum absolute atomic E-state index is 0.0662. The van der Waals surface area contributed by atoms with Crippen molar-refractivity contribution in [1.29, 1.82) is 0 Å². The molecular formula is C22H20FN5O2. The highest BCUT2D eigenvalue weighted by Crippen LogP contribution is 2.28. The molecular weight excluding hydrogens is 385 g/mol. The first-order valence-corrected chi connectivity index (χ1v) is 9.46. The monoisotopic (exact) mass is 405 g/mol. The third-order valence-corrected chi connectivity index (χ3v) is 4.91. The lowest BCUT2D eigenvalue weighted by Crippen LogP contribution is -2.32. The van der Waals surface area contributed by atoms with Crippen molar-refractivity contribution < 1.29 is 14.0 Å². The summed E-state index contributed by atoms with van der Waals surface area (Å²) in [6.45, 7) is 0.408. The number of carbonyl (C=O) groups is 2. The van der Waals surface area contributed by atoms with Gasteiger partial charge < -0.3 is 16.4 Å². The number of nitrogens with two attached hydrogens (primary N) is 1. The molecule has 1 aliphatic rings. The molecule has 1 heterocycles. The zero-order valence-corrected chi connectivity index (χ0v) is 16.0. The zero-order chi connectivity index (χ0) is 21.1. The molecule has 4 rings (SSSR count). The molecule has 3 amide bonds. The smallest absolute Gasteiger partial charge is 0.319 e. The van der Waals surface area contributed by atoms with Crippen LogP contribution in [0.5, 0.6) is 0 Å². The molecule has 0 radical (unpaired) electrons. The number of hydrogen-bond acceptors (Lipinski definition) is 3. The Morgan fingerprint density at radius 3 is 2.87 bits per heavy atom. The van der Waals surface area contributed by atoms with Gasteiger partial charge in [-0.05, 0) is 54.8 Å². The molecule has 0 saturated heterocycles. The van der Waals surface area contributed by atoms with Crippen LogP contribution in [0.2, 0.25) is 0 Å². The summed E-state index contributed by atoms with van der Waals surface area (Å²) >= 11 is 0. The quantitative estimate of drug-likeness (QED) is 0.517. The molecule has 8 heteroatoms. The van der Waals surface area contributed by atoms with Crippen LogP contribution in [0.15, 0.2) is 66.5 Å². The van der Waals surface area contributed by atoms with Gasteiger partial charge in [0.25, 0.3) is 0 Å². The molecule has 1 aliphatic carbocycles. The maximum Gasteiger partial charge on any atom is 0.319 e. The topological polar surface area (TPSA) is 113 Å². The molecule has 2 aromatic carbocycles. The number of nitrogens with one attached hydrogen (secondary N) is 3. The Morgan fingerprint density at radius 1 is 1.23 bits per heavy atom. The molecule has 0 aliphatic heterocycles. The number of urea groups is 1. The summed E-state index contributed by atoms with van der Waals surface area (Å²) in [5.41, 5.74) is 8.57. The standard InChI is InChI=1S/C22H20FN5O2/c23-16-7-4-13(5-8-16)12-25-22(30)26-17-3-1-2-14(10-17)20-18-11-15(21(24)29)6-9-19(18)27-28-20/h1-4,6-11,13H,5,12H2,(H2,24,29)(H,27,28)(H2,25,26,30). The second-order valence-corrected chi connectivity index (χ2v) is 7.06. The van der Waals surface area contributed by atoms with Crippen LogP contribution in [-0.2, 0) is 0 Å². The number of hydrogen-bond donors (Lipinski definition) is 4. The number of nitrogens with zero attached hydrogens (tertiary/aromatic N) is 1. The molecule has 152 valence electrons. The molecule has 1 atom stereocenters. The molecule has 0 fully saturated rings. The fourth-order valence-corrected chi connectivity index (χ4v) is 3.32. The van der Waals surface area contributed by atoms with E-state index in [1.54, 1.807) is 42.5 Å². The van der Waals surface area contributed by atoms with Crippen molar-refractivity contribution >= 4 is 28.5 Å². The zero-order valence-electron chi connectivity index (χ0n) is 16.0. The average molecular weight is 405 g/mol. The van der Waals surface area contributed by atoms with Gasteiger partial charge in [0, 0.05) is 28.7 Å². The predicted octanol–water partition coefficient (Wildman–Crippen LogP) is 3.88. The third kappa shape index (κ3) is 4.22. The van der Waals surface area contributed by atoms with E-state index in [1.807, 2.05) is 6.07 Å². The number of carbonyl (C=O) groups excluding carboxylic acids is 2. The van der Waals surface area contributed by atoms with Crippen molar-refractivity contribution in [2.45, 2.75) is 6.42 Å². The maximum absolute atomic E-state index is 13.0. The van der Waals surface area contributed by atoms with Crippen LogP contribution in [-0.4, -0.2) is 28.7 Å². The highest BCUT2D eigenvalue weighted by Gasteiger charge is 2.13. The van der Waals surface area contributed by atoms with E-state index in [0.717, 1.165) is 16.5 Å². The molecule has 7 nitrogen and oxygen atoms in total. The normalized spacial score (nSPS) is 15.6. The maximum atomic E-state index is 13.0. The lowest BCUT2D eigenvalue weighted by molar-refractivity contribution is 0.100. The van der Waals surface area contributed by atoms with Crippen molar-refractivity contribution in [2.24, 2.45) is 11.7 Å². The van der Waals surface area contributed by atoms with Crippen LogP contribution >= 0.6 is 0 Å². The fourth-order valence-electron chi connectivity index (χ4n) is 3.32. The number of anilines is 1. The van der Waals surface area contributed by atoms with Gasteiger partial charge in [0.15, 0.2) is 0 Å². The van der Waals surface area contributed by atoms with Gasteiger partial charge in [-0.15, -0.1) is 0 Å². The minimum Gasteiger partial charge on any atom is -0.366 e. The van der Waals surface area contributed by atoms with Gasteiger partial charge in [-0.2, -0.15) is 5.10 Å². The Hall–Kier alpha value is -3.94. The molecule has 0 saturated carbocycles. The average Bonchev–Trinajstić information content (AvgIpc) is 3.17. The van der Waals surface area contributed by atoms with Crippen LogP contribution in [0, 0.1) is 5.92 Å². The fraction of sp³-hybridized carbons (Fsp3) is 0.136. The molecule has 5 N–H and O–H groups in total. The van der Waals surface area contributed by atoms with Gasteiger partial charge in [0.1, 0.15) is 5.83 Å². The number of allylic oxidation sites excluding steroid dienone is 3. The van der Waals surface area contributed by atoms with Crippen LogP contribution in [0.1, 0.15) is 16.8 Å². The Balaban J connectivity index is 1.47. The van der Waals surface area contributed by atoms with E-state index in [2.05, 4.69) is 20.8 Å². The number of halogens is 1. The van der Waals surface area contributed by atoms with E-state index in [1.165, 1.54) is 12.2 Å². The third-order valence-electron chi connectivity index (χ3n) is 4.91. The molecule has 0 spiro atoms. The van der Waals surface area contributed by atoms with E-state index in [-0.39, 0.29) is 17.8 Å². The van der Waals surface area contributed by atoms with Gasteiger partial charge in [-0.25, -0.2) is 9.18 Å². The van der Waals surface area contributed by atoms with E-state index < -0.39 is 5.91 Å². The summed E-state index contributed by atoms with van der Waals surface area (Å²) in [6.07, 6.45) is 5.22. The molecule has 3 aromatic rings. The number of benzene rings is 2. The second kappa shape index (κ2) is 8.20. The van der Waals surface area contributed by atoms with E-state index in [0.29, 0.717) is 29.9 Å². The number of aromatic nitrogens is 2. The van der Waals surface area contributed by atoms with Gasteiger partial charge in [0.2, 0.25) is 5.91 Å². The van der Waals surface area contributed by atoms with Gasteiger partial charge in [-0.3, -0.25) is 9.89 Å². The van der Waals surface area contributed by atoms with Crippen LogP contribution in [0.3, 0.4) is 0 Å². The Bertz CT molecular complexity index is 1180. The first-order valence-electron chi connectivity index (χ1n) is 9.46. The molecule has 0 bridgehead atoms. The lowest BCUT2D eigenvalue weighted by atomic mass is 10.0. The van der Waals surface area contributed by atoms with Crippen molar-refractivity contribution in [3.63, 3.8) is 0 Å². The summed E-state index contributed by atoms with van der Waals surface area (Å²) in [7, 11) is 0. The second-order valence-electron chi connectivity index (χ2n) is 7.06. The molecule has 1 unspecified atom stereocenters. The predicted molar refractivity (Wildman–Crippen MR) is 114 cm³/mol. The Labute approximate surface area is 171 Å². The number of amides is 3. The van der Waals surface area contributed by atoms with E-state index in [9.17, 15) is 14.0 Å². The van der Waals surface area contributed by atoms with Gasteiger partial charge in [0.05, 0.1) is 11.2 Å².